The summed E-state index contributed by atoms with van der Waals surface area (Å²) in [5.41, 5.74) is 0.866. The summed E-state index contributed by atoms with van der Waals surface area (Å²) in [6, 6.07) is 0. The zero-order valence-electron chi connectivity index (χ0n) is 10.3. The maximum absolute atomic E-state index is 11.6. The quantitative estimate of drug-likeness (QED) is 0.527. The van der Waals surface area contributed by atoms with Gasteiger partial charge in [-0.15, -0.1) is 0 Å². The molecule has 1 aliphatic rings. The van der Waals surface area contributed by atoms with Crippen molar-refractivity contribution < 1.29 is 9.53 Å². The van der Waals surface area contributed by atoms with Crippen LogP contribution in [0.1, 0.15) is 47.0 Å². The molecule has 1 fully saturated rings. The van der Waals surface area contributed by atoms with Crippen molar-refractivity contribution in [2.24, 2.45) is 11.3 Å². The minimum absolute atomic E-state index is 0.0794. The Hall–Kier alpha value is -0.790. The van der Waals surface area contributed by atoms with E-state index in [1.807, 2.05) is 6.92 Å². The minimum atomic E-state index is -0.216. The summed E-state index contributed by atoms with van der Waals surface area (Å²) in [7, 11) is 0. The second-order valence-electron chi connectivity index (χ2n) is 5.22. The fourth-order valence-electron chi connectivity index (χ4n) is 2.02. The molecule has 0 aliphatic heterocycles. The first-order valence-electron chi connectivity index (χ1n) is 5.77. The molecule has 2 unspecified atom stereocenters. The van der Waals surface area contributed by atoms with E-state index in [1.54, 1.807) is 0 Å². The normalized spacial score (nSPS) is 28.8. The third kappa shape index (κ3) is 2.61. The lowest BCUT2D eigenvalue weighted by Crippen LogP contribution is -2.27. The molecule has 86 valence electrons. The molecule has 0 heterocycles. The Morgan fingerprint density at radius 1 is 1.53 bits per heavy atom. The maximum atomic E-state index is 11.6. The van der Waals surface area contributed by atoms with Gasteiger partial charge in [-0.05, 0) is 30.6 Å². The Morgan fingerprint density at radius 2 is 2.13 bits per heavy atom. The van der Waals surface area contributed by atoms with Gasteiger partial charge in [-0.25, -0.2) is 4.79 Å². The highest BCUT2D eigenvalue weighted by Crippen LogP contribution is 2.43. The molecule has 0 N–H and O–H groups in total. The van der Waals surface area contributed by atoms with Gasteiger partial charge >= 0.3 is 5.97 Å². The van der Waals surface area contributed by atoms with Crippen molar-refractivity contribution >= 4 is 5.97 Å². The SMILES string of the molecule is C=C(CC)C(=O)OC1CCC(C)(C)C1C. The number of ether oxygens (including phenoxy) is 1. The molecule has 15 heavy (non-hydrogen) atoms. The van der Waals surface area contributed by atoms with Gasteiger partial charge in [-0.3, -0.25) is 0 Å². The Morgan fingerprint density at radius 3 is 2.53 bits per heavy atom. The Labute approximate surface area is 92.7 Å². The van der Waals surface area contributed by atoms with Crippen molar-refractivity contribution in [1.82, 2.24) is 0 Å². The Bertz CT molecular complexity index is 266. The lowest BCUT2D eigenvalue weighted by atomic mass is 9.83. The molecule has 1 rings (SSSR count). The number of hydrogen-bond acceptors (Lipinski definition) is 2. The second kappa shape index (κ2) is 4.38. The molecule has 0 aromatic rings. The Kier molecular flexibility index (Phi) is 3.58. The molecule has 0 aromatic carbocycles. The summed E-state index contributed by atoms with van der Waals surface area (Å²) in [5, 5.41) is 0. The summed E-state index contributed by atoms with van der Waals surface area (Å²) in [6.07, 6.45) is 2.86. The van der Waals surface area contributed by atoms with Crippen LogP contribution in [0.3, 0.4) is 0 Å². The van der Waals surface area contributed by atoms with E-state index in [2.05, 4.69) is 27.4 Å². The summed E-state index contributed by atoms with van der Waals surface area (Å²) >= 11 is 0. The summed E-state index contributed by atoms with van der Waals surface area (Å²) in [6.45, 7) is 12.3. The molecular weight excluding hydrogens is 188 g/mol. The molecule has 0 bridgehead atoms. The molecule has 2 atom stereocenters. The lowest BCUT2D eigenvalue weighted by Gasteiger charge is -2.26. The average molecular weight is 210 g/mol. The number of carbonyl (C=O) groups excluding carboxylic acids is 1. The van der Waals surface area contributed by atoms with Gasteiger partial charge in [0.2, 0.25) is 0 Å². The van der Waals surface area contributed by atoms with Crippen LogP contribution >= 0.6 is 0 Å². The Balaban J connectivity index is 2.55. The zero-order valence-corrected chi connectivity index (χ0v) is 10.3. The van der Waals surface area contributed by atoms with Gasteiger partial charge in [0, 0.05) is 5.57 Å². The molecule has 0 amide bonds. The highest BCUT2D eigenvalue weighted by Gasteiger charge is 2.40. The maximum Gasteiger partial charge on any atom is 0.333 e. The van der Waals surface area contributed by atoms with Gasteiger partial charge < -0.3 is 4.74 Å². The van der Waals surface area contributed by atoms with Crippen molar-refractivity contribution in [3.63, 3.8) is 0 Å². The van der Waals surface area contributed by atoms with E-state index < -0.39 is 0 Å². The van der Waals surface area contributed by atoms with Crippen LogP contribution in [0.5, 0.6) is 0 Å². The number of hydrogen-bond donors (Lipinski definition) is 0. The fourth-order valence-corrected chi connectivity index (χ4v) is 2.02. The predicted octanol–water partition coefficient (Wildman–Crippen LogP) is 3.32. The first kappa shape index (κ1) is 12.3. The summed E-state index contributed by atoms with van der Waals surface area (Å²) in [4.78, 5) is 11.6. The molecule has 1 saturated carbocycles. The molecular formula is C13H22O2. The first-order valence-corrected chi connectivity index (χ1v) is 5.77. The van der Waals surface area contributed by atoms with Crippen LogP contribution in [-0.4, -0.2) is 12.1 Å². The van der Waals surface area contributed by atoms with Crippen LogP contribution in [0.25, 0.3) is 0 Å². The van der Waals surface area contributed by atoms with E-state index in [0.717, 1.165) is 12.8 Å². The van der Waals surface area contributed by atoms with Crippen molar-refractivity contribution in [2.75, 3.05) is 0 Å². The molecule has 0 saturated heterocycles. The standard InChI is InChI=1S/C13H22O2/c1-6-9(2)12(14)15-11-7-8-13(4,5)10(11)3/h10-11H,2,6-8H2,1,3-5H3. The van der Waals surface area contributed by atoms with Crippen molar-refractivity contribution in [3.8, 4) is 0 Å². The zero-order chi connectivity index (χ0) is 11.6. The highest BCUT2D eigenvalue weighted by molar-refractivity contribution is 5.87. The van der Waals surface area contributed by atoms with Crippen LogP contribution in [0.4, 0.5) is 0 Å². The van der Waals surface area contributed by atoms with Gasteiger partial charge in [0.15, 0.2) is 0 Å². The molecule has 1 aliphatic carbocycles. The lowest BCUT2D eigenvalue weighted by molar-refractivity contribution is -0.146. The van der Waals surface area contributed by atoms with E-state index >= 15 is 0 Å². The smallest absolute Gasteiger partial charge is 0.333 e. The molecule has 2 nitrogen and oxygen atoms in total. The van der Waals surface area contributed by atoms with Gasteiger partial charge in [0.05, 0.1) is 0 Å². The second-order valence-corrected chi connectivity index (χ2v) is 5.22. The van der Waals surface area contributed by atoms with Crippen molar-refractivity contribution in [1.29, 1.82) is 0 Å². The van der Waals surface area contributed by atoms with Gasteiger partial charge in [-0.2, -0.15) is 0 Å². The predicted molar refractivity (Wildman–Crippen MR) is 61.5 cm³/mol. The van der Waals surface area contributed by atoms with E-state index in [4.69, 9.17) is 4.74 Å². The van der Waals surface area contributed by atoms with Crippen LogP contribution in [0, 0.1) is 11.3 Å². The summed E-state index contributed by atoms with van der Waals surface area (Å²) < 4.78 is 5.47. The van der Waals surface area contributed by atoms with E-state index in [0.29, 0.717) is 23.3 Å². The highest BCUT2D eigenvalue weighted by atomic mass is 16.5. The number of carbonyl (C=O) groups is 1. The minimum Gasteiger partial charge on any atom is -0.459 e. The summed E-state index contributed by atoms with van der Waals surface area (Å²) in [5.74, 6) is 0.221. The van der Waals surface area contributed by atoms with E-state index in [-0.39, 0.29) is 12.1 Å². The number of rotatable bonds is 3. The van der Waals surface area contributed by atoms with Gasteiger partial charge in [0.25, 0.3) is 0 Å². The molecule has 0 radical (unpaired) electrons. The van der Waals surface area contributed by atoms with E-state index in [1.165, 1.54) is 0 Å². The van der Waals surface area contributed by atoms with Gasteiger partial charge in [0.1, 0.15) is 6.10 Å². The monoisotopic (exact) mass is 210 g/mol. The largest absolute Gasteiger partial charge is 0.459 e. The van der Waals surface area contributed by atoms with Crippen molar-refractivity contribution in [2.45, 2.75) is 53.1 Å². The first-order chi connectivity index (χ1) is 6.88. The van der Waals surface area contributed by atoms with Gasteiger partial charge in [-0.1, -0.05) is 34.3 Å². The molecule has 2 heteroatoms. The van der Waals surface area contributed by atoms with Crippen molar-refractivity contribution in [3.05, 3.63) is 12.2 Å². The molecule has 0 aromatic heterocycles. The van der Waals surface area contributed by atoms with Crippen LogP contribution in [0.15, 0.2) is 12.2 Å². The number of esters is 1. The average Bonchev–Trinajstić information content (AvgIpc) is 2.44. The molecule has 0 spiro atoms. The van der Waals surface area contributed by atoms with Crippen LogP contribution in [0.2, 0.25) is 0 Å². The van der Waals surface area contributed by atoms with Crippen LogP contribution < -0.4 is 0 Å². The third-order valence-electron chi connectivity index (χ3n) is 3.84. The third-order valence-corrected chi connectivity index (χ3v) is 3.84. The van der Waals surface area contributed by atoms with E-state index in [9.17, 15) is 4.79 Å². The fraction of sp³-hybridized carbons (Fsp3) is 0.769. The topological polar surface area (TPSA) is 26.3 Å². The van der Waals surface area contributed by atoms with Crippen LogP contribution in [-0.2, 0) is 9.53 Å².